The first-order valence-corrected chi connectivity index (χ1v) is 4.67. The van der Waals surface area contributed by atoms with Crippen LogP contribution in [-0.4, -0.2) is 12.5 Å². The average molecular weight is 242 g/mol. The van der Waals surface area contributed by atoms with Gasteiger partial charge in [-0.05, 0) is 19.1 Å². The van der Waals surface area contributed by atoms with Gasteiger partial charge < -0.3 is 14.9 Å². The lowest BCUT2D eigenvalue weighted by molar-refractivity contribution is 0.0976. The first-order valence-electron chi connectivity index (χ1n) is 4.67. The molecule has 0 unspecified atom stereocenters. The minimum Gasteiger partial charge on any atom is -0.493 e. The molecule has 2 N–H and O–H groups in total. The van der Waals surface area contributed by atoms with E-state index < -0.39 is 5.91 Å². The Balaban J connectivity index is 0.00000128. The lowest BCUT2D eigenvalue weighted by Gasteiger charge is -2.02. The Hall–Kier alpha value is -1.68. The maximum atomic E-state index is 10.9. The van der Waals surface area contributed by atoms with E-state index in [-0.39, 0.29) is 18.2 Å². The van der Waals surface area contributed by atoms with E-state index in [1.54, 1.807) is 12.1 Å². The molecule has 86 valence electrons. The number of nitrogens with two attached hydrogens (primary N) is 1. The number of primary amides is 1. The largest absolute Gasteiger partial charge is 0.493 e. The minimum atomic E-state index is -0.575. The van der Waals surface area contributed by atoms with Gasteiger partial charge in [-0.3, -0.25) is 4.79 Å². The number of ether oxygens (including phenoxy) is 1. The van der Waals surface area contributed by atoms with E-state index in [0.29, 0.717) is 17.9 Å². The fourth-order valence-corrected chi connectivity index (χ4v) is 1.44. The van der Waals surface area contributed by atoms with Gasteiger partial charge in [0, 0.05) is 6.07 Å². The van der Waals surface area contributed by atoms with E-state index >= 15 is 0 Å². The fraction of sp³-hybridized carbons (Fsp3) is 0.182. The van der Waals surface area contributed by atoms with Gasteiger partial charge in [-0.15, -0.1) is 12.4 Å². The summed E-state index contributed by atoms with van der Waals surface area (Å²) in [5, 5.41) is 0.771. The second-order valence-corrected chi connectivity index (χ2v) is 3.08. The quantitative estimate of drug-likeness (QED) is 0.897. The average Bonchev–Trinajstić information content (AvgIpc) is 2.63. The van der Waals surface area contributed by atoms with E-state index in [4.69, 9.17) is 14.9 Å². The molecule has 0 aliphatic rings. The lowest BCUT2D eigenvalue weighted by atomic mass is 10.2. The van der Waals surface area contributed by atoms with Crippen LogP contribution in [0.4, 0.5) is 0 Å². The van der Waals surface area contributed by atoms with Gasteiger partial charge in [-0.2, -0.15) is 0 Å². The van der Waals surface area contributed by atoms with Crippen LogP contribution in [0.5, 0.6) is 5.75 Å². The number of fused-ring (bicyclic) bond motifs is 1. The van der Waals surface area contributed by atoms with Crippen LogP contribution in [0.3, 0.4) is 0 Å². The first-order chi connectivity index (χ1) is 7.22. The summed E-state index contributed by atoms with van der Waals surface area (Å²) in [6.45, 7) is 2.46. The normalized spacial score (nSPS) is 9.81. The summed E-state index contributed by atoms with van der Waals surface area (Å²) in [7, 11) is 0. The monoisotopic (exact) mass is 241 g/mol. The van der Waals surface area contributed by atoms with Crippen LogP contribution >= 0.6 is 12.4 Å². The number of benzene rings is 1. The number of carbonyl (C=O) groups is 1. The molecule has 5 heteroatoms. The fourth-order valence-electron chi connectivity index (χ4n) is 1.44. The number of furan rings is 1. The van der Waals surface area contributed by atoms with Crippen LogP contribution < -0.4 is 10.5 Å². The Morgan fingerprint density at radius 2 is 2.25 bits per heavy atom. The predicted molar refractivity (Wildman–Crippen MR) is 63.1 cm³/mol. The molecular formula is C11H12ClNO3. The highest BCUT2D eigenvalue weighted by Gasteiger charge is 2.11. The standard InChI is InChI=1S/C11H11NO3.ClH/c1-2-14-8-4-3-5-9-7(8)6-10(15-9)11(12)13;/h3-6H,2H2,1H3,(H2,12,13);1H. The number of halogens is 1. The third-order valence-corrected chi connectivity index (χ3v) is 2.06. The summed E-state index contributed by atoms with van der Waals surface area (Å²) >= 11 is 0. The zero-order valence-corrected chi connectivity index (χ0v) is 9.54. The van der Waals surface area contributed by atoms with Crippen LogP contribution in [0, 0.1) is 0 Å². The van der Waals surface area contributed by atoms with Crippen molar-refractivity contribution in [2.24, 2.45) is 5.73 Å². The lowest BCUT2D eigenvalue weighted by Crippen LogP contribution is -2.08. The smallest absolute Gasteiger partial charge is 0.284 e. The molecule has 0 saturated heterocycles. The molecule has 0 atom stereocenters. The molecule has 1 aromatic carbocycles. The SMILES string of the molecule is CCOc1cccc2oc(C(N)=O)cc12.Cl. The van der Waals surface area contributed by atoms with Crippen molar-refractivity contribution in [3.05, 3.63) is 30.0 Å². The summed E-state index contributed by atoms with van der Waals surface area (Å²) in [4.78, 5) is 10.9. The number of rotatable bonds is 3. The third kappa shape index (κ3) is 2.12. The predicted octanol–water partition coefficient (Wildman–Crippen LogP) is 2.35. The highest BCUT2D eigenvalue weighted by atomic mass is 35.5. The van der Waals surface area contributed by atoms with E-state index in [1.165, 1.54) is 0 Å². The van der Waals surface area contributed by atoms with Gasteiger partial charge >= 0.3 is 0 Å². The molecule has 0 spiro atoms. The molecule has 2 rings (SSSR count). The Morgan fingerprint density at radius 3 is 2.88 bits per heavy atom. The maximum Gasteiger partial charge on any atom is 0.284 e. The van der Waals surface area contributed by atoms with Crippen LogP contribution in [-0.2, 0) is 0 Å². The van der Waals surface area contributed by atoms with Crippen molar-refractivity contribution >= 4 is 29.3 Å². The molecule has 4 nitrogen and oxygen atoms in total. The first kappa shape index (κ1) is 12.4. The summed E-state index contributed by atoms with van der Waals surface area (Å²) in [5.41, 5.74) is 5.73. The third-order valence-electron chi connectivity index (χ3n) is 2.06. The molecular weight excluding hydrogens is 230 g/mol. The van der Waals surface area contributed by atoms with E-state index in [0.717, 1.165) is 5.39 Å². The van der Waals surface area contributed by atoms with Gasteiger partial charge in [0.15, 0.2) is 5.76 Å². The Morgan fingerprint density at radius 1 is 1.50 bits per heavy atom. The van der Waals surface area contributed by atoms with E-state index in [2.05, 4.69) is 0 Å². The molecule has 0 bridgehead atoms. The van der Waals surface area contributed by atoms with Crippen LogP contribution in [0.25, 0.3) is 11.0 Å². The second-order valence-electron chi connectivity index (χ2n) is 3.08. The minimum absolute atomic E-state index is 0. The van der Waals surface area contributed by atoms with E-state index in [9.17, 15) is 4.79 Å². The molecule has 0 fully saturated rings. The highest BCUT2D eigenvalue weighted by Crippen LogP contribution is 2.28. The molecule has 0 radical (unpaired) electrons. The summed E-state index contributed by atoms with van der Waals surface area (Å²) in [6, 6.07) is 7.00. The molecule has 0 aliphatic heterocycles. The summed E-state index contributed by atoms with van der Waals surface area (Å²) in [5.74, 6) is 0.275. The van der Waals surface area contributed by atoms with Crippen LogP contribution in [0.1, 0.15) is 17.5 Å². The summed E-state index contributed by atoms with van der Waals surface area (Å²) < 4.78 is 10.7. The van der Waals surface area contributed by atoms with Crippen molar-refractivity contribution in [2.45, 2.75) is 6.92 Å². The van der Waals surface area contributed by atoms with Gasteiger partial charge in [-0.1, -0.05) is 6.07 Å². The van der Waals surface area contributed by atoms with Crippen molar-refractivity contribution in [2.75, 3.05) is 6.61 Å². The van der Waals surface area contributed by atoms with Crippen molar-refractivity contribution in [1.29, 1.82) is 0 Å². The molecule has 1 aromatic heterocycles. The van der Waals surface area contributed by atoms with Crippen molar-refractivity contribution in [3.63, 3.8) is 0 Å². The molecule has 1 amide bonds. The van der Waals surface area contributed by atoms with Gasteiger partial charge in [-0.25, -0.2) is 0 Å². The molecule has 2 aromatic rings. The zero-order valence-electron chi connectivity index (χ0n) is 8.73. The van der Waals surface area contributed by atoms with E-state index in [1.807, 2.05) is 19.1 Å². The van der Waals surface area contributed by atoms with Crippen LogP contribution in [0.15, 0.2) is 28.7 Å². The van der Waals surface area contributed by atoms with Crippen molar-refractivity contribution < 1.29 is 13.9 Å². The maximum absolute atomic E-state index is 10.9. The van der Waals surface area contributed by atoms with Crippen molar-refractivity contribution in [1.82, 2.24) is 0 Å². The summed E-state index contributed by atoms with van der Waals surface area (Å²) in [6.07, 6.45) is 0. The Labute approximate surface area is 98.8 Å². The number of carbonyl (C=O) groups excluding carboxylic acids is 1. The molecule has 1 heterocycles. The molecule has 0 saturated carbocycles. The van der Waals surface area contributed by atoms with Crippen molar-refractivity contribution in [3.8, 4) is 5.75 Å². The van der Waals surface area contributed by atoms with Gasteiger partial charge in [0.25, 0.3) is 5.91 Å². The molecule has 16 heavy (non-hydrogen) atoms. The van der Waals surface area contributed by atoms with Gasteiger partial charge in [0.1, 0.15) is 11.3 Å². The topological polar surface area (TPSA) is 65.5 Å². The highest BCUT2D eigenvalue weighted by molar-refractivity contribution is 5.96. The second kappa shape index (κ2) is 4.90. The van der Waals surface area contributed by atoms with Crippen LogP contribution in [0.2, 0.25) is 0 Å². The number of hydrogen-bond donors (Lipinski definition) is 1. The number of amides is 1. The Kier molecular flexibility index (Phi) is 3.79. The Bertz CT molecular complexity index is 507. The zero-order chi connectivity index (χ0) is 10.8. The van der Waals surface area contributed by atoms with Gasteiger partial charge in [0.05, 0.1) is 12.0 Å². The number of hydrogen-bond acceptors (Lipinski definition) is 3. The molecule has 0 aliphatic carbocycles. The van der Waals surface area contributed by atoms with Gasteiger partial charge in [0.2, 0.25) is 0 Å².